The monoisotopic (exact) mass is 173 g/mol. The summed E-state index contributed by atoms with van der Waals surface area (Å²) in [6, 6.07) is 0. The maximum absolute atomic E-state index is 11.1. The lowest BCUT2D eigenvalue weighted by Crippen LogP contribution is -2.47. The summed E-state index contributed by atoms with van der Waals surface area (Å²) in [6.45, 7) is 6.63. The van der Waals surface area contributed by atoms with Gasteiger partial charge in [-0.25, -0.2) is 0 Å². The zero-order chi connectivity index (χ0) is 9.61. The second kappa shape index (κ2) is 5.14. The number of hydrogen-bond donors (Lipinski definition) is 1. The molecule has 0 heterocycles. The highest BCUT2D eigenvalue weighted by atomic mass is 16.5. The molecule has 3 nitrogen and oxygen atoms in total. The molecule has 12 heavy (non-hydrogen) atoms. The zero-order valence-electron chi connectivity index (χ0n) is 8.44. The number of rotatable bonds is 5. The minimum absolute atomic E-state index is 0.210. The molecule has 0 aromatic rings. The van der Waals surface area contributed by atoms with Crippen LogP contribution in [-0.2, 0) is 9.53 Å². The van der Waals surface area contributed by atoms with Gasteiger partial charge in [0.15, 0.2) is 0 Å². The van der Waals surface area contributed by atoms with Crippen LogP contribution in [-0.4, -0.2) is 25.2 Å². The van der Waals surface area contributed by atoms with E-state index in [2.05, 4.69) is 17.0 Å². The van der Waals surface area contributed by atoms with E-state index in [1.54, 1.807) is 0 Å². The van der Waals surface area contributed by atoms with Crippen LogP contribution in [0.5, 0.6) is 0 Å². The molecule has 1 N–H and O–H groups in total. The second-order valence-corrected chi connectivity index (χ2v) is 3.40. The number of methoxy groups -OCH3 is 1. The van der Waals surface area contributed by atoms with Crippen molar-refractivity contribution in [3.63, 3.8) is 0 Å². The van der Waals surface area contributed by atoms with Gasteiger partial charge in [0.25, 0.3) is 0 Å². The summed E-state index contributed by atoms with van der Waals surface area (Å²) in [5.41, 5.74) is -0.552. The molecule has 0 saturated heterocycles. The number of carbonyl (C=O) groups excluding carboxylic acids is 1. The number of ether oxygens (including phenoxy) is 1. The average Bonchev–Trinajstić information content (AvgIpc) is 2.03. The zero-order valence-corrected chi connectivity index (χ0v) is 8.44. The van der Waals surface area contributed by atoms with E-state index in [0.717, 1.165) is 19.4 Å². The van der Waals surface area contributed by atoms with Crippen LogP contribution in [0.2, 0.25) is 0 Å². The fourth-order valence-electron chi connectivity index (χ4n) is 0.905. The van der Waals surface area contributed by atoms with E-state index in [-0.39, 0.29) is 5.97 Å². The number of unbranched alkanes of at least 4 members (excludes halogenated alkanes) is 1. The van der Waals surface area contributed by atoms with Gasteiger partial charge in [-0.1, -0.05) is 13.3 Å². The van der Waals surface area contributed by atoms with Gasteiger partial charge in [0.2, 0.25) is 0 Å². The van der Waals surface area contributed by atoms with Gasteiger partial charge in [-0.2, -0.15) is 0 Å². The summed E-state index contributed by atoms with van der Waals surface area (Å²) in [5.74, 6) is -0.210. The molecule has 3 heteroatoms. The molecule has 0 atom stereocenters. The normalized spacial score (nSPS) is 11.3. The predicted molar refractivity (Wildman–Crippen MR) is 49.0 cm³/mol. The van der Waals surface area contributed by atoms with Crippen LogP contribution in [0, 0.1) is 0 Å². The third kappa shape index (κ3) is 3.72. The van der Waals surface area contributed by atoms with Crippen molar-refractivity contribution in [3.05, 3.63) is 0 Å². The average molecular weight is 173 g/mol. The van der Waals surface area contributed by atoms with Gasteiger partial charge in [-0.15, -0.1) is 0 Å². The fraction of sp³-hybridized carbons (Fsp3) is 0.889. The molecular weight excluding hydrogens is 154 g/mol. The summed E-state index contributed by atoms with van der Waals surface area (Å²) in [5, 5.41) is 3.14. The largest absolute Gasteiger partial charge is 0.468 e. The summed E-state index contributed by atoms with van der Waals surface area (Å²) in [6.07, 6.45) is 2.21. The molecule has 0 aromatic heterocycles. The van der Waals surface area contributed by atoms with Crippen molar-refractivity contribution in [1.82, 2.24) is 5.32 Å². The lowest BCUT2D eigenvalue weighted by molar-refractivity contribution is -0.147. The van der Waals surface area contributed by atoms with Gasteiger partial charge in [-0.05, 0) is 26.8 Å². The quantitative estimate of drug-likeness (QED) is 0.503. The van der Waals surface area contributed by atoms with Crippen molar-refractivity contribution in [1.29, 1.82) is 0 Å². The number of carbonyl (C=O) groups is 1. The van der Waals surface area contributed by atoms with E-state index in [1.807, 2.05) is 13.8 Å². The molecule has 0 aliphatic rings. The Kier molecular flexibility index (Phi) is 4.90. The Hall–Kier alpha value is -0.570. The van der Waals surface area contributed by atoms with Crippen molar-refractivity contribution in [2.45, 2.75) is 39.2 Å². The molecule has 72 valence electrons. The Morgan fingerprint density at radius 1 is 1.50 bits per heavy atom. The van der Waals surface area contributed by atoms with Gasteiger partial charge in [0.05, 0.1) is 7.11 Å². The predicted octanol–water partition coefficient (Wildman–Crippen LogP) is 1.33. The Morgan fingerprint density at radius 3 is 2.50 bits per heavy atom. The summed E-state index contributed by atoms with van der Waals surface area (Å²) in [7, 11) is 1.41. The van der Waals surface area contributed by atoms with E-state index >= 15 is 0 Å². The van der Waals surface area contributed by atoms with Gasteiger partial charge in [0, 0.05) is 0 Å². The highest BCUT2D eigenvalue weighted by Crippen LogP contribution is 2.04. The first kappa shape index (κ1) is 11.4. The van der Waals surface area contributed by atoms with Gasteiger partial charge >= 0.3 is 5.97 Å². The van der Waals surface area contributed by atoms with Gasteiger partial charge in [0.1, 0.15) is 5.54 Å². The second-order valence-electron chi connectivity index (χ2n) is 3.40. The van der Waals surface area contributed by atoms with E-state index in [0.29, 0.717) is 0 Å². The molecule has 0 aromatic carbocycles. The van der Waals surface area contributed by atoms with Gasteiger partial charge < -0.3 is 10.1 Å². The Morgan fingerprint density at radius 2 is 2.08 bits per heavy atom. The molecule has 0 aliphatic heterocycles. The van der Waals surface area contributed by atoms with Crippen molar-refractivity contribution in [2.75, 3.05) is 13.7 Å². The molecule has 0 radical (unpaired) electrons. The molecule has 0 aliphatic carbocycles. The minimum atomic E-state index is -0.552. The number of esters is 1. The SMILES string of the molecule is CCCCNC(C)(C)C(=O)OC. The van der Waals surface area contributed by atoms with Gasteiger partial charge in [-0.3, -0.25) is 4.79 Å². The van der Waals surface area contributed by atoms with Crippen molar-refractivity contribution in [2.24, 2.45) is 0 Å². The molecule has 0 rings (SSSR count). The molecule has 0 fully saturated rings. The van der Waals surface area contributed by atoms with Crippen LogP contribution in [0.15, 0.2) is 0 Å². The van der Waals surface area contributed by atoms with Crippen molar-refractivity contribution >= 4 is 5.97 Å². The molecule has 0 spiro atoms. The van der Waals surface area contributed by atoms with Crippen LogP contribution in [0.25, 0.3) is 0 Å². The van der Waals surface area contributed by atoms with Crippen molar-refractivity contribution in [3.8, 4) is 0 Å². The number of hydrogen-bond acceptors (Lipinski definition) is 3. The maximum Gasteiger partial charge on any atom is 0.325 e. The Balaban J connectivity index is 3.78. The molecule has 0 bridgehead atoms. The summed E-state index contributed by atoms with van der Waals surface area (Å²) < 4.78 is 4.64. The van der Waals surface area contributed by atoms with Crippen LogP contribution >= 0.6 is 0 Å². The van der Waals surface area contributed by atoms with Crippen LogP contribution in [0.4, 0.5) is 0 Å². The summed E-state index contributed by atoms with van der Waals surface area (Å²) >= 11 is 0. The maximum atomic E-state index is 11.1. The fourth-order valence-corrected chi connectivity index (χ4v) is 0.905. The Labute approximate surface area is 74.5 Å². The highest BCUT2D eigenvalue weighted by molar-refractivity contribution is 5.79. The Bertz CT molecular complexity index is 143. The third-order valence-electron chi connectivity index (χ3n) is 1.79. The minimum Gasteiger partial charge on any atom is -0.468 e. The van der Waals surface area contributed by atoms with Crippen molar-refractivity contribution < 1.29 is 9.53 Å². The first-order valence-electron chi connectivity index (χ1n) is 4.38. The molecular formula is C9H19NO2. The molecule has 0 amide bonds. The topological polar surface area (TPSA) is 38.3 Å². The smallest absolute Gasteiger partial charge is 0.325 e. The van der Waals surface area contributed by atoms with Crippen LogP contribution in [0.3, 0.4) is 0 Å². The standard InChI is InChI=1S/C9H19NO2/c1-5-6-7-10-9(2,3)8(11)12-4/h10H,5-7H2,1-4H3. The summed E-state index contributed by atoms with van der Waals surface area (Å²) in [4.78, 5) is 11.1. The molecule has 0 saturated carbocycles. The van der Waals surface area contributed by atoms with E-state index < -0.39 is 5.54 Å². The highest BCUT2D eigenvalue weighted by Gasteiger charge is 2.26. The van der Waals surface area contributed by atoms with Crippen LogP contribution < -0.4 is 5.32 Å². The first-order chi connectivity index (χ1) is 5.54. The molecule has 0 unspecified atom stereocenters. The third-order valence-corrected chi connectivity index (χ3v) is 1.79. The van der Waals surface area contributed by atoms with E-state index in [9.17, 15) is 4.79 Å². The lowest BCUT2D eigenvalue weighted by Gasteiger charge is -2.22. The van der Waals surface area contributed by atoms with E-state index in [1.165, 1.54) is 7.11 Å². The van der Waals surface area contributed by atoms with E-state index in [4.69, 9.17) is 0 Å². The van der Waals surface area contributed by atoms with Crippen LogP contribution in [0.1, 0.15) is 33.6 Å². The lowest BCUT2D eigenvalue weighted by atomic mass is 10.1. The number of nitrogens with one attached hydrogen (secondary N) is 1. The first-order valence-corrected chi connectivity index (χ1v) is 4.38.